The molecule has 0 aliphatic carbocycles. The van der Waals surface area contributed by atoms with Crippen LogP contribution >= 0.6 is 23.4 Å². The summed E-state index contributed by atoms with van der Waals surface area (Å²) in [7, 11) is 3.40. The summed E-state index contributed by atoms with van der Waals surface area (Å²) in [4.78, 5) is 0. The highest BCUT2D eigenvalue weighted by atomic mass is 35.5. The summed E-state index contributed by atoms with van der Waals surface area (Å²) in [5.41, 5.74) is 1.38. The number of aromatic nitrogens is 4. The van der Waals surface area contributed by atoms with Gasteiger partial charge < -0.3 is 14.8 Å². The van der Waals surface area contributed by atoms with Crippen molar-refractivity contribution in [3.63, 3.8) is 0 Å². The van der Waals surface area contributed by atoms with E-state index in [1.54, 1.807) is 35.7 Å². The maximum atomic E-state index is 13.9. The summed E-state index contributed by atoms with van der Waals surface area (Å²) in [6.07, 6.45) is 0.985. The van der Waals surface area contributed by atoms with Gasteiger partial charge in [-0.05, 0) is 53.2 Å². The molecule has 0 amide bonds. The van der Waals surface area contributed by atoms with Crippen LogP contribution in [0.4, 0.5) is 4.39 Å². The van der Waals surface area contributed by atoms with Gasteiger partial charge in [-0.25, -0.2) is 9.07 Å². The second kappa shape index (κ2) is 11.1. The van der Waals surface area contributed by atoms with Crippen LogP contribution in [0.3, 0.4) is 0 Å². The van der Waals surface area contributed by atoms with Gasteiger partial charge in [0.1, 0.15) is 12.4 Å². The van der Waals surface area contributed by atoms with Gasteiger partial charge >= 0.3 is 0 Å². The Bertz CT molecular complexity index is 952. The lowest BCUT2D eigenvalue weighted by Gasteiger charge is -2.13. The number of ether oxygens (including phenoxy) is 2. The molecule has 0 aliphatic heterocycles. The Morgan fingerprint density at radius 2 is 2.10 bits per heavy atom. The van der Waals surface area contributed by atoms with Crippen molar-refractivity contribution < 1.29 is 13.9 Å². The first-order chi connectivity index (χ1) is 14.6. The molecule has 0 radical (unpaired) electrons. The Morgan fingerprint density at radius 3 is 2.83 bits per heavy atom. The van der Waals surface area contributed by atoms with Gasteiger partial charge in [-0.1, -0.05) is 35.5 Å². The number of rotatable bonds is 11. The van der Waals surface area contributed by atoms with Gasteiger partial charge in [-0.2, -0.15) is 0 Å². The van der Waals surface area contributed by atoms with Gasteiger partial charge in [0.2, 0.25) is 5.16 Å². The molecular weight excluding hydrogens is 429 g/mol. The van der Waals surface area contributed by atoms with E-state index in [9.17, 15) is 4.39 Å². The number of methoxy groups -OCH3 is 1. The molecule has 3 rings (SSSR count). The quantitative estimate of drug-likeness (QED) is 0.350. The zero-order valence-corrected chi connectivity index (χ0v) is 18.3. The van der Waals surface area contributed by atoms with Gasteiger partial charge in [0.15, 0.2) is 11.5 Å². The summed E-state index contributed by atoms with van der Waals surface area (Å²) in [5, 5.41) is 15.9. The van der Waals surface area contributed by atoms with Crippen molar-refractivity contribution >= 4 is 23.4 Å². The summed E-state index contributed by atoms with van der Waals surface area (Å²) in [6.45, 7) is 1.59. The van der Waals surface area contributed by atoms with E-state index in [-0.39, 0.29) is 6.61 Å². The molecule has 0 bridgehead atoms. The Balaban J connectivity index is 1.46. The Hall–Kier alpha value is -2.36. The van der Waals surface area contributed by atoms with Gasteiger partial charge in [0.25, 0.3) is 0 Å². The maximum absolute atomic E-state index is 13.9. The first kappa shape index (κ1) is 22.3. The minimum Gasteiger partial charge on any atom is -0.493 e. The Labute approximate surface area is 183 Å². The zero-order valence-electron chi connectivity index (χ0n) is 16.8. The summed E-state index contributed by atoms with van der Waals surface area (Å²) in [6, 6.07) is 10.2. The Morgan fingerprint density at radius 1 is 1.23 bits per heavy atom. The molecule has 10 heteroatoms. The molecule has 0 aliphatic rings. The third-order valence-corrected chi connectivity index (χ3v) is 5.75. The number of tetrazole rings is 1. The first-order valence-electron chi connectivity index (χ1n) is 9.37. The molecule has 160 valence electrons. The minimum absolute atomic E-state index is 0.0260. The van der Waals surface area contributed by atoms with Crippen LogP contribution in [0.5, 0.6) is 11.5 Å². The van der Waals surface area contributed by atoms with Crippen molar-refractivity contribution in [2.45, 2.75) is 24.7 Å². The second-order valence-corrected chi connectivity index (χ2v) is 7.91. The van der Waals surface area contributed by atoms with E-state index < -0.39 is 5.82 Å². The molecule has 0 fully saturated rings. The Kier molecular flexibility index (Phi) is 8.30. The molecule has 7 nitrogen and oxygen atoms in total. The fourth-order valence-corrected chi connectivity index (χ4v) is 3.70. The number of aryl methyl sites for hydroxylation is 1. The summed E-state index contributed by atoms with van der Waals surface area (Å²) >= 11 is 7.68. The number of hydrogen-bond acceptors (Lipinski definition) is 7. The van der Waals surface area contributed by atoms with Crippen LogP contribution in [0.25, 0.3) is 0 Å². The first-order valence-corrected chi connectivity index (χ1v) is 10.7. The van der Waals surface area contributed by atoms with E-state index in [0.29, 0.717) is 28.6 Å². The molecule has 0 atom stereocenters. The molecule has 0 unspecified atom stereocenters. The van der Waals surface area contributed by atoms with Crippen molar-refractivity contribution in [2.24, 2.45) is 7.05 Å². The van der Waals surface area contributed by atoms with Crippen molar-refractivity contribution in [3.05, 3.63) is 58.4 Å². The molecule has 0 saturated heterocycles. The number of halogens is 2. The third-order valence-electron chi connectivity index (χ3n) is 4.30. The molecule has 0 saturated carbocycles. The third kappa shape index (κ3) is 6.07. The van der Waals surface area contributed by atoms with E-state index in [1.807, 2.05) is 25.2 Å². The van der Waals surface area contributed by atoms with E-state index >= 15 is 0 Å². The molecule has 1 aromatic heterocycles. The fraction of sp³-hybridized carbons (Fsp3) is 0.350. The average Bonchev–Trinajstić information content (AvgIpc) is 3.15. The SMILES string of the molecule is COc1cc(CNCCCSc2nnnn2C)ccc1OCc1c(F)cccc1Cl. The summed E-state index contributed by atoms with van der Waals surface area (Å²) in [5.74, 6) is 1.66. The van der Waals surface area contributed by atoms with Crippen LogP contribution in [0.1, 0.15) is 17.5 Å². The van der Waals surface area contributed by atoms with Crippen LogP contribution in [-0.2, 0) is 20.2 Å². The number of benzene rings is 2. The molecule has 2 aromatic carbocycles. The topological polar surface area (TPSA) is 74.1 Å². The highest BCUT2D eigenvalue weighted by Gasteiger charge is 2.11. The number of nitrogens with one attached hydrogen (secondary N) is 1. The predicted octanol–water partition coefficient (Wildman–Crippen LogP) is 3.86. The van der Waals surface area contributed by atoms with Crippen LogP contribution in [-0.4, -0.2) is 39.6 Å². The fourth-order valence-electron chi connectivity index (χ4n) is 2.70. The van der Waals surface area contributed by atoms with Gasteiger partial charge in [0.05, 0.1) is 12.1 Å². The van der Waals surface area contributed by atoms with Crippen molar-refractivity contribution in [2.75, 3.05) is 19.4 Å². The van der Waals surface area contributed by atoms with E-state index in [0.717, 1.165) is 29.4 Å². The monoisotopic (exact) mass is 451 g/mol. The van der Waals surface area contributed by atoms with E-state index in [2.05, 4.69) is 20.8 Å². The van der Waals surface area contributed by atoms with Gasteiger partial charge in [0, 0.05) is 24.9 Å². The van der Waals surface area contributed by atoms with Crippen LogP contribution in [0, 0.1) is 5.82 Å². The smallest absolute Gasteiger partial charge is 0.209 e. The lowest BCUT2D eigenvalue weighted by molar-refractivity contribution is 0.279. The predicted molar refractivity (Wildman–Crippen MR) is 115 cm³/mol. The van der Waals surface area contributed by atoms with Crippen LogP contribution in [0.15, 0.2) is 41.6 Å². The highest BCUT2D eigenvalue weighted by Crippen LogP contribution is 2.30. The normalized spacial score (nSPS) is 10.9. The standard InChI is InChI=1S/C20H23ClFN5O2S/c1-27-20(24-25-26-27)30-10-4-9-23-12-14-7-8-18(19(11-14)28-2)29-13-15-16(21)5-3-6-17(15)22/h3,5-8,11,23H,4,9-10,12-13H2,1-2H3. The van der Waals surface area contributed by atoms with Gasteiger partial charge in [-0.3, -0.25) is 0 Å². The van der Waals surface area contributed by atoms with E-state index in [1.165, 1.54) is 6.07 Å². The number of nitrogens with zero attached hydrogens (tertiary/aromatic N) is 4. The van der Waals surface area contributed by atoms with Crippen molar-refractivity contribution in [1.82, 2.24) is 25.5 Å². The minimum atomic E-state index is -0.393. The van der Waals surface area contributed by atoms with Crippen molar-refractivity contribution in [3.8, 4) is 11.5 Å². The molecule has 3 aromatic rings. The van der Waals surface area contributed by atoms with Gasteiger partial charge in [-0.15, -0.1) is 5.10 Å². The number of thioether (sulfide) groups is 1. The van der Waals surface area contributed by atoms with Crippen LogP contribution in [0.2, 0.25) is 5.02 Å². The maximum Gasteiger partial charge on any atom is 0.209 e. The highest BCUT2D eigenvalue weighted by molar-refractivity contribution is 7.99. The average molecular weight is 452 g/mol. The molecule has 1 heterocycles. The number of hydrogen-bond donors (Lipinski definition) is 1. The molecule has 30 heavy (non-hydrogen) atoms. The van der Waals surface area contributed by atoms with Crippen LogP contribution < -0.4 is 14.8 Å². The second-order valence-electron chi connectivity index (χ2n) is 6.44. The van der Waals surface area contributed by atoms with E-state index in [4.69, 9.17) is 21.1 Å². The largest absolute Gasteiger partial charge is 0.493 e. The zero-order chi connectivity index (χ0) is 21.3. The molecule has 0 spiro atoms. The summed E-state index contributed by atoms with van der Waals surface area (Å²) < 4.78 is 26.7. The van der Waals surface area contributed by atoms with Crippen molar-refractivity contribution in [1.29, 1.82) is 0 Å². The lowest BCUT2D eigenvalue weighted by atomic mass is 10.2. The molecular formula is C20H23ClFN5O2S. The lowest BCUT2D eigenvalue weighted by Crippen LogP contribution is -2.15. The molecule has 1 N–H and O–H groups in total.